The first kappa shape index (κ1) is 16.3. The fourth-order valence-corrected chi connectivity index (χ4v) is 4.33. The molecule has 0 N–H and O–H groups in total. The number of benzene rings is 1. The Kier molecular flexibility index (Phi) is 4.48. The van der Waals surface area contributed by atoms with Gasteiger partial charge in [0.2, 0.25) is 0 Å². The van der Waals surface area contributed by atoms with E-state index in [9.17, 15) is 0 Å². The number of piperazine rings is 1. The van der Waals surface area contributed by atoms with Crippen LogP contribution in [-0.2, 0) is 0 Å². The van der Waals surface area contributed by atoms with E-state index in [0.717, 1.165) is 46.9 Å². The third-order valence-electron chi connectivity index (χ3n) is 4.88. The van der Waals surface area contributed by atoms with Crippen LogP contribution in [0.15, 0.2) is 36.5 Å². The summed E-state index contributed by atoms with van der Waals surface area (Å²) in [5.41, 5.74) is 4.72. The zero-order chi connectivity index (χ0) is 16.7. The summed E-state index contributed by atoms with van der Waals surface area (Å²) in [7, 11) is 2.18. The average molecular weight is 405 g/mol. The van der Waals surface area contributed by atoms with E-state index in [1.807, 2.05) is 24.4 Å². The minimum atomic E-state index is 0.161. The molecule has 0 radical (unpaired) electrons. The lowest BCUT2D eigenvalue weighted by Crippen LogP contribution is -2.46. The zero-order valence-corrected chi connectivity index (χ0v) is 15.9. The summed E-state index contributed by atoms with van der Waals surface area (Å²) >= 11 is 10.0. The largest absolute Gasteiger partial charge is 0.304 e. The van der Waals surface area contributed by atoms with Gasteiger partial charge in [0.05, 0.1) is 11.7 Å². The second kappa shape index (κ2) is 6.60. The molecule has 1 aliphatic heterocycles. The molecular weight excluding hydrogens is 386 g/mol. The Morgan fingerprint density at radius 3 is 2.75 bits per heavy atom. The molecule has 0 unspecified atom stereocenters. The normalized spacial score (nSPS) is 21.6. The predicted octanol–water partition coefficient (Wildman–Crippen LogP) is 4.28. The number of nitrogens with zero attached hydrogens (tertiary/aromatic N) is 3. The number of hydrogen-bond donors (Lipinski definition) is 0. The van der Waals surface area contributed by atoms with Gasteiger partial charge in [0.25, 0.3) is 0 Å². The van der Waals surface area contributed by atoms with Gasteiger partial charge in [-0.15, -0.1) is 0 Å². The van der Waals surface area contributed by atoms with Crippen molar-refractivity contribution in [1.82, 2.24) is 14.8 Å². The Morgan fingerprint density at radius 1 is 1.17 bits per heavy atom. The zero-order valence-electron chi connectivity index (χ0n) is 13.5. The van der Waals surface area contributed by atoms with E-state index in [4.69, 9.17) is 16.6 Å². The minimum Gasteiger partial charge on any atom is -0.304 e. The monoisotopic (exact) mass is 403 g/mol. The third-order valence-corrected chi connectivity index (χ3v) is 5.77. The summed E-state index contributed by atoms with van der Waals surface area (Å²) in [4.78, 5) is 9.68. The van der Waals surface area contributed by atoms with Crippen LogP contribution in [0.5, 0.6) is 0 Å². The summed E-state index contributed by atoms with van der Waals surface area (Å²) in [5, 5.41) is 0.759. The molecule has 5 heteroatoms. The van der Waals surface area contributed by atoms with Crippen LogP contribution in [0.25, 0.3) is 10.6 Å². The number of likely N-dealkylation sites (N-methyl/N-ethyl adjacent to an activating group) is 1. The lowest BCUT2D eigenvalue weighted by atomic mass is 9.96. The molecule has 0 amide bonds. The van der Waals surface area contributed by atoms with Crippen molar-refractivity contribution in [3.8, 4) is 0 Å². The number of halogens is 2. The Morgan fingerprint density at radius 2 is 1.96 bits per heavy atom. The van der Waals surface area contributed by atoms with E-state index in [0.29, 0.717) is 0 Å². The molecule has 1 fully saturated rings. The van der Waals surface area contributed by atoms with Crippen LogP contribution in [0.3, 0.4) is 0 Å². The predicted molar refractivity (Wildman–Crippen MR) is 103 cm³/mol. The Bertz CT molecular complexity index is 797. The van der Waals surface area contributed by atoms with Crippen LogP contribution >= 0.6 is 27.5 Å². The van der Waals surface area contributed by atoms with Crippen LogP contribution in [0.2, 0.25) is 5.02 Å². The smallest absolute Gasteiger partial charge is 0.0789 e. The van der Waals surface area contributed by atoms with E-state index in [2.05, 4.69) is 51.0 Å². The molecule has 1 aromatic heterocycles. The maximum atomic E-state index is 6.28. The molecule has 24 heavy (non-hydrogen) atoms. The summed E-state index contributed by atoms with van der Waals surface area (Å²) in [5.74, 6) is 0. The number of pyridine rings is 1. The van der Waals surface area contributed by atoms with Gasteiger partial charge in [-0.2, -0.15) is 0 Å². The lowest BCUT2D eigenvalue weighted by Gasteiger charge is -2.38. The van der Waals surface area contributed by atoms with E-state index >= 15 is 0 Å². The molecule has 3 nitrogen and oxygen atoms in total. The van der Waals surface area contributed by atoms with Gasteiger partial charge < -0.3 is 4.90 Å². The standard InChI is InChI=1S/C19H19BrClN3/c1-23-7-9-24(10-8-23)19-15-5-4-14(21)12-16(15)17(20)11-13-3-2-6-22-18(13)19/h2-6,11-12,19H,7-10H2,1H3/t19-/m0/s1. The van der Waals surface area contributed by atoms with E-state index in [1.165, 1.54) is 11.1 Å². The quantitative estimate of drug-likeness (QED) is 0.707. The molecule has 1 atom stereocenters. The molecule has 2 heterocycles. The fourth-order valence-electron chi connectivity index (χ4n) is 3.57. The third kappa shape index (κ3) is 2.93. The van der Waals surface area contributed by atoms with Gasteiger partial charge in [0, 0.05) is 41.9 Å². The van der Waals surface area contributed by atoms with Gasteiger partial charge in [0.1, 0.15) is 0 Å². The van der Waals surface area contributed by atoms with Crippen molar-refractivity contribution in [3.05, 3.63) is 63.9 Å². The highest BCUT2D eigenvalue weighted by Crippen LogP contribution is 2.41. The molecular formula is C19H19BrClN3. The molecule has 0 spiro atoms. The SMILES string of the molecule is CN1CCN([C@H]2c3ccc(Cl)cc3C(Br)=Cc3cccnc32)CC1. The summed E-state index contributed by atoms with van der Waals surface area (Å²) in [6.07, 6.45) is 4.05. The summed E-state index contributed by atoms with van der Waals surface area (Å²) < 4.78 is 1.06. The molecule has 2 aliphatic rings. The van der Waals surface area contributed by atoms with Crippen molar-refractivity contribution >= 4 is 38.1 Å². The van der Waals surface area contributed by atoms with E-state index in [1.54, 1.807) is 0 Å². The lowest BCUT2D eigenvalue weighted by molar-refractivity contribution is 0.125. The van der Waals surface area contributed by atoms with Crippen LogP contribution in [0.1, 0.15) is 28.4 Å². The van der Waals surface area contributed by atoms with Gasteiger partial charge in [-0.1, -0.05) is 39.7 Å². The van der Waals surface area contributed by atoms with Crippen LogP contribution in [0.4, 0.5) is 0 Å². The molecule has 0 saturated carbocycles. The van der Waals surface area contributed by atoms with E-state index in [-0.39, 0.29) is 6.04 Å². The van der Waals surface area contributed by atoms with Gasteiger partial charge in [-0.05, 0) is 48.0 Å². The van der Waals surface area contributed by atoms with Crippen molar-refractivity contribution in [2.24, 2.45) is 0 Å². The highest BCUT2D eigenvalue weighted by Gasteiger charge is 2.31. The first-order chi connectivity index (χ1) is 11.6. The average Bonchev–Trinajstić information content (AvgIpc) is 2.70. The van der Waals surface area contributed by atoms with Gasteiger partial charge in [0.15, 0.2) is 0 Å². The highest BCUT2D eigenvalue weighted by atomic mass is 79.9. The Hall–Kier alpha value is -1.20. The number of rotatable bonds is 1. The molecule has 2 aromatic rings. The summed E-state index contributed by atoms with van der Waals surface area (Å²) in [6.45, 7) is 4.24. The molecule has 1 saturated heterocycles. The number of hydrogen-bond acceptors (Lipinski definition) is 3. The van der Waals surface area contributed by atoms with Gasteiger partial charge >= 0.3 is 0 Å². The van der Waals surface area contributed by atoms with Crippen LogP contribution in [0, 0.1) is 0 Å². The second-order valence-corrected chi connectivity index (χ2v) is 7.73. The molecule has 0 bridgehead atoms. The van der Waals surface area contributed by atoms with Crippen LogP contribution < -0.4 is 0 Å². The maximum absolute atomic E-state index is 6.28. The molecule has 4 rings (SSSR count). The van der Waals surface area contributed by atoms with Crippen molar-refractivity contribution in [3.63, 3.8) is 0 Å². The van der Waals surface area contributed by atoms with Crippen molar-refractivity contribution in [2.75, 3.05) is 33.2 Å². The highest BCUT2D eigenvalue weighted by molar-refractivity contribution is 9.15. The van der Waals surface area contributed by atoms with Crippen LogP contribution in [-0.4, -0.2) is 48.0 Å². The van der Waals surface area contributed by atoms with Crippen molar-refractivity contribution in [1.29, 1.82) is 0 Å². The maximum Gasteiger partial charge on any atom is 0.0789 e. The van der Waals surface area contributed by atoms with Crippen molar-refractivity contribution < 1.29 is 0 Å². The van der Waals surface area contributed by atoms with Crippen molar-refractivity contribution in [2.45, 2.75) is 6.04 Å². The molecule has 124 valence electrons. The molecule has 1 aromatic carbocycles. The minimum absolute atomic E-state index is 0.161. The first-order valence-electron chi connectivity index (χ1n) is 8.18. The Labute approximate surface area is 156 Å². The first-order valence-corrected chi connectivity index (χ1v) is 9.35. The van der Waals surface area contributed by atoms with E-state index < -0.39 is 0 Å². The topological polar surface area (TPSA) is 19.4 Å². The Balaban J connectivity index is 1.88. The number of aromatic nitrogens is 1. The van der Waals surface area contributed by atoms with Gasteiger partial charge in [-0.3, -0.25) is 9.88 Å². The number of fused-ring (bicyclic) bond motifs is 2. The molecule has 1 aliphatic carbocycles. The summed E-state index contributed by atoms with van der Waals surface area (Å²) in [6, 6.07) is 10.5. The second-order valence-electron chi connectivity index (χ2n) is 6.44. The fraction of sp³-hybridized carbons (Fsp3) is 0.316. The van der Waals surface area contributed by atoms with Gasteiger partial charge in [-0.25, -0.2) is 0 Å².